The Kier molecular flexibility index (Phi) is 6.50. The number of carbonyl (C=O) groups excluding carboxylic acids is 2. The molecule has 4 aliphatic rings. The van der Waals surface area contributed by atoms with Crippen LogP contribution in [0, 0.1) is 40.4 Å². The van der Waals surface area contributed by atoms with E-state index in [0.717, 1.165) is 55.8 Å². The second kappa shape index (κ2) is 9.28. The summed E-state index contributed by atoms with van der Waals surface area (Å²) in [5.41, 5.74) is 2.83. The maximum Gasteiger partial charge on any atom is 0.338 e. The largest absolute Gasteiger partial charge is 0.462 e. The van der Waals surface area contributed by atoms with Gasteiger partial charge in [0.2, 0.25) is 0 Å². The van der Waals surface area contributed by atoms with E-state index in [1.165, 1.54) is 37.7 Å². The fourth-order valence-electron chi connectivity index (χ4n) is 8.96. The van der Waals surface area contributed by atoms with Gasteiger partial charge < -0.3 is 4.74 Å². The first kappa shape index (κ1) is 23.8. The summed E-state index contributed by atoms with van der Waals surface area (Å²) in [4.78, 5) is 24.3. The number of carbonyl (C=O) groups is 2. The van der Waals surface area contributed by atoms with Gasteiger partial charge in [0.15, 0.2) is 5.78 Å². The van der Waals surface area contributed by atoms with Crippen LogP contribution in [0.15, 0.2) is 42.0 Å². The summed E-state index contributed by atoms with van der Waals surface area (Å²) in [5.74, 6) is 4.04. The van der Waals surface area contributed by atoms with Crippen LogP contribution in [0.5, 0.6) is 0 Å². The number of benzene rings is 1. The van der Waals surface area contributed by atoms with Crippen LogP contribution in [-0.4, -0.2) is 18.4 Å². The quantitative estimate of drug-likeness (QED) is 0.326. The molecule has 0 bridgehead atoms. The lowest BCUT2D eigenvalue weighted by molar-refractivity contribution is -0.117. The predicted octanol–water partition coefficient (Wildman–Crippen LogP) is 7.41. The number of esters is 1. The summed E-state index contributed by atoms with van der Waals surface area (Å²) in [6.45, 7) is 8.05. The van der Waals surface area contributed by atoms with E-state index in [4.69, 9.17) is 4.74 Å². The van der Waals surface area contributed by atoms with E-state index >= 15 is 0 Å². The van der Waals surface area contributed by atoms with Gasteiger partial charge in [0, 0.05) is 6.42 Å². The van der Waals surface area contributed by atoms with Gasteiger partial charge in [-0.2, -0.15) is 0 Å². The topological polar surface area (TPSA) is 43.4 Å². The zero-order valence-electron chi connectivity index (χ0n) is 21.4. The van der Waals surface area contributed by atoms with Gasteiger partial charge in [0.1, 0.15) is 0 Å². The summed E-state index contributed by atoms with van der Waals surface area (Å²) < 4.78 is 5.54. The monoisotopic (exact) mass is 462 g/mol. The van der Waals surface area contributed by atoms with Gasteiger partial charge in [-0.1, -0.05) is 44.5 Å². The fourth-order valence-corrected chi connectivity index (χ4v) is 8.96. The molecule has 3 nitrogen and oxygen atoms in total. The van der Waals surface area contributed by atoms with Crippen molar-refractivity contribution in [3.8, 4) is 0 Å². The highest BCUT2D eigenvalue weighted by molar-refractivity contribution is 5.91. The molecule has 3 fully saturated rings. The smallest absolute Gasteiger partial charge is 0.338 e. The molecule has 0 aromatic heterocycles. The Bertz CT molecular complexity index is 949. The van der Waals surface area contributed by atoms with Crippen molar-refractivity contribution in [2.24, 2.45) is 40.4 Å². The summed E-state index contributed by atoms with van der Waals surface area (Å²) in [6, 6.07) is 9.30. The van der Waals surface area contributed by atoms with Gasteiger partial charge in [-0.05, 0) is 116 Å². The lowest BCUT2D eigenvalue weighted by Gasteiger charge is -2.58. The molecule has 3 heteroatoms. The second-order valence-corrected chi connectivity index (χ2v) is 12.3. The molecule has 0 saturated heterocycles. The molecule has 3 saturated carbocycles. The molecule has 0 heterocycles. The number of hydrogen-bond donors (Lipinski definition) is 0. The van der Waals surface area contributed by atoms with Crippen LogP contribution in [0.1, 0.15) is 95.3 Å². The summed E-state index contributed by atoms with van der Waals surface area (Å²) >= 11 is 0. The van der Waals surface area contributed by atoms with Gasteiger partial charge in [-0.3, -0.25) is 4.79 Å². The van der Waals surface area contributed by atoms with Gasteiger partial charge >= 0.3 is 5.97 Å². The maximum atomic E-state index is 12.2. The molecule has 184 valence electrons. The highest BCUT2D eigenvalue weighted by atomic mass is 16.5. The Morgan fingerprint density at radius 2 is 1.82 bits per heavy atom. The zero-order valence-corrected chi connectivity index (χ0v) is 21.4. The van der Waals surface area contributed by atoms with Crippen LogP contribution < -0.4 is 0 Å². The van der Waals surface area contributed by atoms with Crippen LogP contribution >= 0.6 is 0 Å². The molecule has 0 aliphatic heterocycles. The Hall–Kier alpha value is -1.90. The third-order valence-electron chi connectivity index (χ3n) is 10.8. The summed E-state index contributed by atoms with van der Waals surface area (Å²) in [5, 5.41) is 0. The molecule has 7 atom stereocenters. The molecule has 0 amide bonds. The zero-order chi connectivity index (χ0) is 23.9. The van der Waals surface area contributed by atoms with E-state index in [-0.39, 0.29) is 11.4 Å². The van der Waals surface area contributed by atoms with Crippen molar-refractivity contribution in [3.63, 3.8) is 0 Å². The molecular formula is C31H42O3. The first-order chi connectivity index (χ1) is 16.3. The maximum absolute atomic E-state index is 12.2. The van der Waals surface area contributed by atoms with Gasteiger partial charge in [-0.15, -0.1) is 0 Å². The number of hydrogen-bond acceptors (Lipinski definition) is 3. The number of ether oxygens (including phenoxy) is 1. The van der Waals surface area contributed by atoms with E-state index in [2.05, 4.69) is 20.8 Å². The van der Waals surface area contributed by atoms with Crippen LogP contribution in [0.4, 0.5) is 0 Å². The van der Waals surface area contributed by atoms with Crippen LogP contribution in [-0.2, 0) is 9.53 Å². The SMILES string of the molecule is C[C@H](CCCOC(=O)c1ccccc1)[C@H]1CC[C@H]2[C@@H]3CCC4=CC(=O)CC[C@]4(C)[C@H]3CC[C@]12C. The fraction of sp³-hybridized carbons (Fsp3) is 0.677. The van der Waals surface area contributed by atoms with E-state index < -0.39 is 0 Å². The molecule has 0 radical (unpaired) electrons. The third kappa shape index (κ3) is 4.07. The lowest BCUT2D eigenvalue weighted by Crippen LogP contribution is -2.51. The van der Waals surface area contributed by atoms with Crippen molar-refractivity contribution in [1.29, 1.82) is 0 Å². The second-order valence-electron chi connectivity index (χ2n) is 12.3. The van der Waals surface area contributed by atoms with Gasteiger partial charge in [0.25, 0.3) is 0 Å². The number of ketones is 1. The molecule has 0 spiro atoms. The molecule has 0 unspecified atom stereocenters. The van der Waals surface area contributed by atoms with Crippen LogP contribution in [0.2, 0.25) is 0 Å². The average molecular weight is 463 g/mol. The summed E-state index contributed by atoms with van der Waals surface area (Å²) in [6.07, 6.45) is 13.8. The minimum absolute atomic E-state index is 0.205. The normalized spacial score (nSPS) is 37.7. The van der Waals surface area contributed by atoms with Crippen molar-refractivity contribution >= 4 is 11.8 Å². The van der Waals surface area contributed by atoms with E-state index in [1.54, 1.807) is 0 Å². The van der Waals surface area contributed by atoms with Gasteiger partial charge in [0.05, 0.1) is 12.2 Å². The Morgan fingerprint density at radius 1 is 1.03 bits per heavy atom. The Balaban J connectivity index is 1.18. The first-order valence-electron chi connectivity index (χ1n) is 13.8. The molecule has 34 heavy (non-hydrogen) atoms. The molecular weight excluding hydrogens is 420 g/mol. The van der Waals surface area contributed by atoms with E-state index in [9.17, 15) is 9.59 Å². The average Bonchev–Trinajstić information content (AvgIpc) is 3.20. The molecule has 5 rings (SSSR count). The summed E-state index contributed by atoms with van der Waals surface area (Å²) in [7, 11) is 0. The highest BCUT2D eigenvalue weighted by Gasteiger charge is 2.59. The number of allylic oxidation sites excluding steroid dienone is 1. The van der Waals surface area contributed by atoms with Crippen molar-refractivity contribution < 1.29 is 14.3 Å². The number of rotatable bonds is 6. The molecule has 1 aromatic carbocycles. The van der Waals surface area contributed by atoms with Crippen molar-refractivity contribution in [2.75, 3.05) is 6.61 Å². The van der Waals surface area contributed by atoms with Crippen LogP contribution in [0.3, 0.4) is 0 Å². The van der Waals surface area contributed by atoms with Gasteiger partial charge in [-0.25, -0.2) is 4.79 Å². The minimum Gasteiger partial charge on any atom is -0.462 e. The highest BCUT2D eigenvalue weighted by Crippen LogP contribution is 2.67. The standard InChI is InChI=1S/C31H42O3/c1-21(8-7-19-34-29(33)22-9-5-4-6-10-22)26-13-14-27-25-12-11-23-20-24(32)15-17-30(23,2)28(25)16-18-31(26,27)3/h4-6,9-10,20-21,25-28H,7-8,11-19H2,1-3H3/t21-,25+,26-,27+,28+,30+,31-/m1/s1. The van der Waals surface area contributed by atoms with E-state index in [0.29, 0.717) is 29.3 Å². The van der Waals surface area contributed by atoms with Crippen LogP contribution in [0.25, 0.3) is 0 Å². The minimum atomic E-state index is -0.205. The first-order valence-corrected chi connectivity index (χ1v) is 13.8. The number of fused-ring (bicyclic) bond motifs is 5. The van der Waals surface area contributed by atoms with Crippen molar-refractivity contribution in [2.45, 2.75) is 85.0 Å². The Labute approximate surface area is 205 Å². The van der Waals surface area contributed by atoms with Crippen molar-refractivity contribution in [3.05, 3.63) is 47.5 Å². The predicted molar refractivity (Wildman–Crippen MR) is 135 cm³/mol. The molecule has 4 aliphatic carbocycles. The third-order valence-corrected chi connectivity index (χ3v) is 10.8. The Morgan fingerprint density at radius 3 is 2.62 bits per heavy atom. The van der Waals surface area contributed by atoms with E-state index in [1.807, 2.05) is 36.4 Å². The molecule has 1 aromatic rings. The lowest BCUT2D eigenvalue weighted by atomic mass is 9.46. The molecule has 0 N–H and O–H groups in total. The van der Waals surface area contributed by atoms with Crippen molar-refractivity contribution in [1.82, 2.24) is 0 Å².